The van der Waals surface area contributed by atoms with Crippen molar-refractivity contribution in [1.82, 2.24) is 5.32 Å². The number of hydrogen-bond donors (Lipinski definition) is 1. The number of amides is 1. The fourth-order valence-corrected chi connectivity index (χ4v) is 1.86. The van der Waals surface area contributed by atoms with Crippen LogP contribution in [-0.4, -0.2) is 26.2 Å². The SMILES string of the molecule is CNC(=O)C1CCCCC1OC. The van der Waals surface area contributed by atoms with Crippen LogP contribution in [0.15, 0.2) is 0 Å². The second kappa shape index (κ2) is 4.45. The fourth-order valence-electron chi connectivity index (χ4n) is 1.86. The molecule has 0 bridgehead atoms. The minimum Gasteiger partial charge on any atom is -0.381 e. The molecule has 0 aromatic heterocycles. The topological polar surface area (TPSA) is 38.3 Å². The van der Waals surface area contributed by atoms with Crippen molar-refractivity contribution in [3.05, 3.63) is 0 Å². The lowest BCUT2D eigenvalue weighted by atomic mass is 9.86. The van der Waals surface area contributed by atoms with Gasteiger partial charge >= 0.3 is 0 Å². The Morgan fingerprint density at radius 1 is 1.42 bits per heavy atom. The first kappa shape index (κ1) is 9.52. The van der Waals surface area contributed by atoms with Gasteiger partial charge in [0, 0.05) is 14.2 Å². The zero-order chi connectivity index (χ0) is 8.97. The summed E-state index contributed by atoms with van der Waals surface area (Å²) < 4.78 is 5.27. The van der Waals surface area contributed by atoms with Crippen LogP contribution in [-0.2, 0) is 9.53 Å². The van der Waals surface area contributed by atoms with Gasteiger partial charge in [0.15, 0.2) is 0 Å². The fraction of sp³-hybridized carbons (Fsp3) is 0.889. The average Bonchev–Trinajstić information content (AvgIpc) is 2.16. The van der Waals surface area contributed by atoms with Gasteiger partial charge in [0.05, 0.1) is 12.0 Å². The van der Waals surface area contributed by atoms with E-state index in [1.54, 1.807) is 14.2 Å². The molecule has 12 heavy (non-hydrogen) atoms. The highest BCUT2D eigenvalue weighted by Gasteiger charge is 2.29. The van der Waals surface area contributed by atoms with Gasteiger partial charge in [0.1, 0.15) is 0 Å². The van der Waals surface area contributed by atoms with Crippen LogP contribution in [0.4, 0.5) is 0 Å². The third kappa shape index (κ3) is 1.97. The molecule has 0 aromatic rings. The Morgan fingerprint density at radius 2 is 2.08 bits per heavy atom. The zero-order valence-corrected chi connectivity index (χ0v) is 7.80. The van der Waals surface area contributed by atoms with Crippen molar-refractivity contribution in [2.75, 3.05) is 14.2 Å². The summed E-state index contributed by atoms with van der Waals surface area (Å²) in [5.74, 6) is 0.204. The number of carbonyl (C=O) groups excluding carboxylic acids is 1. The molecule has 70 valence electrons. The van der Waals surface area contributed by atoms with E-state index in [9.17, 15) is 4.79 Å². The van der Waals surface area contributed by atoms with Crippen molar-refractivity contribution in [2.45, 2.75) is 31.8 Å². The standard InChI is InChI=1S/C9H17NO2/c1-10-9(11)7-5-3-4-6-8(7)12-2/h7-8H,3-6H2,1-2H3,(H,10,11). The quantitative estimate of drug-likeness (QED) is 0.671. The summed E-state index contributed by atoms with van der Waals surface area (Å²) in [5, 5.41) is 2.68. The predicted octanol–water partition coefficient (Wildman–Crippen LogP) is 0.938. The van der Waals surface area contributed by atoms with Crippen molar-refractivity contribution in [2.24, 2.45) is 5.92 Å². The summed E-state index contributed by atoms with van der Waals surface area (Å²) in [6.07, 6.45) is 4.47. The van der Waals surface area contributed by atoms with Crippen LogP contribution < -0.4 is 5.32 Å². The maximum atomic E-state index is 11.3. The molecule has 1 rings (SSSR count). The van der Waals surface area contributed by atoms with E-state index >= 15 is 0 Å². The summed E-state index contributed by atoms with van der Waals surface area (Å²) in [4.78, 5) is 11.3. The molecule has 2 unspecified atom stereocenters. The summed E-state index contributed by atoms with van der Waals surface area (Å²) >= 11 is 0. The van der Waals surface area contributed by atoms with E-state index in [0.29, 0.717) is 0 Å². The van der Waals surface area contributed by atoms with E-state index in [1.807, 2.05) is 0 Å². The average molecular weight is 171 g/mol. The minimum atomic E-state index is 0.0775. The van der Waals surface area contributed by atoms with Crippen LogP contribution >= 0.6 is 0 Å². The first-order valence-electron chi connectivity index (χ1n) is 4.54. The first-order chi connectivity index (χ1) is 5.79. The van der Waals surface area contributed by atoms with Gasteiger partial charge in [-0.2, -0.15) is 0 Å². The molecule has 0 aliphatic heterocycles. The molecule has 2 atom stereocenters. The van der Waals surface area contributed by atoms with Crippen LogP contribution in [0.2, 0.25) is 0 Å². The van der Waals surface area contributed by atoms with E-state index in [0.717, 1.165) is 19.3 Å². The Balaban J connectivity index is 2.52. The second-order valence-corrected chi connectivity index (χ2v) is 3.28. The smallest absolute Gasteiger partial charge is 0.225 e. The lowest BCUT2D eigenvalue weighted by molar-refractivity contribution is -0.130. The molecule has 1 saturated carbocycles. The molecule has 0 saturated heterocycles. The van der Waals surface area contributed by atoms with Crippen molar-refractivity contribution in [3.8, 4) is 0 Å². The largest absolute Gasteiger partial charge is 0.381 e. The van der Waals surface area contributed by atoms with Crippen LogP contribution in [0, 0.1) is 5.92 Å². The maximum Gasteiger partial charge on any atom is 0.225 e. The number of rotatable bonds is 2. The minimum absolute atomic E-state index is 0.0775. The van der Waals surface area contributed by atoms with E-state index in [2.05, 4.69) is 5.32 Å². The lowest BCUT2D eigenvalue weighted by Crippen LogP contribution is -2.38. The van der Waals surface area contributed by atoms with Gasteiger partial charge < -0.3 is 10.1 Å². The molecule has 0 heterocycles. The van der Waals surface area contributed by atoms with Gasteiger partial charge in [-0.3, -0.25) is 4.79 Å². The normalized spacial score (nSPS) is 29.8. The predicted molar refractivity (Wildman–Crippen MR) is 46.8 cm³/mol. The van der Waals surface area contributed by atoms with Gasteiger partial charge in [0.25, 0.3) is 0 Å². The van der Waals surface area contributed by atoms with Crippen molar-refractivity contribution in [1.29, 1.82) is 0 Å². The summed E-state index contributed by atoms with van der Waals surface area (Å²) in [5.41, 5.74) is 0. The summed E-state index contributed by atoms with van der Waals surface area (Å²) in [6, 6.07) is 0. The monoisotopic (exact) mass is 171 g/mol. The Morgan fingerprint density at radius 3 is 2.67 bits per heavy atom. The Bertz CT molecular complexity index is 159. The highest BCUT2D eigenvalue weighted by atomic mass is 16.5. The zero-order valence-electron chi connectivity index (χ0n) is 7.80. The lowest BCUT2D eigenvalue weighted by Gasteiger charge is -2.28. The molecule has 1 amide bonds. The summed E-state index contributed by atoms with van der Waals surface area (Å²) in [6.45, 7) is 0. The molecule has 0 spiro atoms. The number of methoxy groups -OCH3 is 1. The third-order valence-electron chi connectivity index (χ3n) is 2.59. The maximum absolute atomic E-state index is 11.3. The van der Waals surface area contributed by atoms with Crippen molar-refractivity contribution in [3.63, 3.8) is 0 Å². The van der Waals surface area contributed by atoms with Crippen LogP contribution in [0.5, 0.6) is 0 Å². The summed E-state index contributed by atoms with van der Waals surface area (Å²) in [7, 11) is 3.37. The van der Waals surface area contributed by atoms with E-state index in [4.69, 9.17) is 4.74 Å². The molecular formula is C9H17NO2. The van der Waals surface area contributed by atoms with E-state index in [-0.39, 0.29) is 17.9 Å². The molecule has 3 nitrogen and oxygen atoms in total. The van der Waals surface area contributed by atoms with Crippen LogP contribution in [0.1, 0.15) is 25.7 Å². The molecule has 1 fully saturated rings. The Labute approximate surface area is 73.5 Å². The Hall–Kier alpha value is -0.570. The number of nitrogens with one attached hydrogen (secondary N) is 1. The van der Waals surface area contributed by atoms with Crippen LogP contribution in [0.25, 0.3) is 0 Å². The molecule has 0 aromatic carbocycles. The van der Waals surface area contributed by atoms with Gasteiger partial charge in [-0.15, -0.1) is 0 Å². The van der Waals surface area contributed by atoms with Crippen molar-refractivity contribution >= 4 is 5.91 Å². The van der Waals surface area contributed by atoms with E-state index in [1.165, 1.54) is 6.42 Å². The number of carbonyl (C=O) groups is 1. The first-order valence-corrected chi connectivity index (χ1v) is 4.54. The van der Waals surface area contributed by atoms with Gasteiger partial charge in [0.2, 0.25) is 5.91 Å². The van der Waals surface area contributed by atoms with Gasteiger partial charge in [-0.05, 0) is 12.8 Å². The molecular weight excluding hydrogens is 154 g/mol. The molecule has 1 aliphatic rings. The second-order valence-electron chi connectivity index (χ2n) is 3.28. The number of ether oxygens (including phenoxy) is 1. The van der Waals surface area contributed by atoms with Crippen LogP contribution in [0.3, 0.4) is 0 Å². The third-order valence-corrected chi connectivity index (χ3v) is 2.59. The Kier molecular flexibility index (Phi) is 3.53. The molecule has 1 aliphatic carbocycles. The van der Waals surface area contributed by atoms with Crippen molar-refractivity contribution < 1.29 is 9.53 Å². The molecule has 0 radical (unpaired) electrons. The van der Waals surface area contributed by atoms with Gasteiger partial charge in [-0.1, -0.05) is 12.8 Å². The molecule has 1 N–H and O–H groups in total. The van der Waals surface area contributed by atoms with E-state index < -0.39 is 0 Å². The molecule has 3 heteroatoms. The highest BCUT2D eigenvalue weighted by molar-refractivity contribution is 5.79. The van der Waals surface area contributed by atoms with Gasteiger partial charge in [-0.25, -0.2) is 0 Å². The highest BCUT2D eigenvalue weighted by Crippen LogP contribution is 2.26. The number of hydrogen-bond acceptors (Lipinski definition) is 2.